The van der Waals surface area contributed by atoms with Crippen LogP contribution in [0.15, 0.2) is 0 Å². The molecule has 0 saturated heterocycles. The third kappa shape index (κ3) is 6.85. The van der Waals surface area contributed by atoms with Crippen LogP contribution >= 0.6 is 0 Å². The molecule has 0 aliphatic rings. The second-order valence-electron chi connectivity index (χ2n) is 5.53. The number of hydrogen-bond acceptors (Lipinski definition) is 2. The summed E-state index contributed by atoms with van der Waals surface area (Å²) in [5, 5.41) is 0. The molecule has 3 heteroatoms. The van der Waals surface area contributed by atoms with Crippen molar-refractivity contribution in [3.63, 3.8) is 0 Å². The van der Waals surface area contributed by atoms with Crippen molar-refractivity contribution in [3.05, 3.63) is 0 Å². The fourth-order valence-electron chi connectivity index (χ4n) is 1.57. The number of rotatable bonds is 6. The van der Waals surface area contributed by atoms with Gasteiger partial charge in [0.25, 0.3) is 0 Å². The Morgan fingerprint density at radius 3 is 1.87 bits per heavy atom. The Labute approximate surface area is 105 Å². The molecule has 2 nitrogen and oxygen atoms in total. The van der Waals surface area contributed by atoms with E-state index in [0.29, 0.717) is 6.10 Å². The molecular weight excluding hydrogens is 289 g/mol. The van der Waals surface area contributed by atoms with Crippen LogP contribution in [0.2, 0.25) is 9.36 Å². The van der Waals surface area contributed by atoms with Crippen molar-refractivity contribution in [1.29, 1.82) is 0 Å². The Morgan fingerprint density at radius 2 is 1.60 bits per heavy atom. The van der Waals surface area contributed by atoms with Crippen LogP contribution in [0.1, 0.15) is 34.6 Å². The van der Waals surface area contributed by atoms with Gasteiger partial charge in [-0.15, -0.1) is 0 Å². The van der Waals surface area contributed by atoms with E-state index >= 15 is 0 Å². The molecule has 0 aliphatic heterocycles. The molecule has 0 radical (unpaired) electrons. The molecular formula is C12H28InNO. The van der Waals surface area contributed by atoms with E-state index in [-0.39, 0.29) is 5.41 Å². The van der Waals surface area contributed by atoms with E-state index in [2.05, 4.69) is 48.9 Å². The number of likely N-dealkylation sites (N-methyl/N-ethyl adjacent to an activating group) is 1. The number of nitrogens with zero attached hydrogens (tertiary/aromatic N) is 1. The minimum absolute atomic E-state index is 0.268. The average molecular weight is 317 g/mol. The van der Waals surface area contributed by atoms with Crippen LogP contribution in [-0.2, 0) is 2.85 Å². The van der Waals surface area contributed by atoms with Gasteiger partial charge in [-0.25, -0.2) is 0 Å². The Hall–Kier alpha value is 0.790. The predicted molar refractivity (Wildman–Crippen MR) is 69.6 cm³/mol. The van der Waals surface area contributed by atoms with E-state index in [9.17, 15) is 0 Å². The molecule has 0 aromatic carbocycles. The van der Waals surface area contributed by atoms with Gasteiger partial charge in [0.2, 0.25) is 0 Å². The van der Waals surface area contributed by atoms with E-state index in [1.807, 2.05) is 0 Å². The molecule has 0 amide bonds. The molecule has 15 heavy (non-hydrogen) atoms. The summed E-state index contributed by atoms with van der Waals surface area (Å²) in [6.45, 7) is 14.6. The van der Waals surface area contributed by atoms with Gasteiger partial charge in [0.1, 0.15) is 0 Å². The van der Waals surface area contributed by atoms with Gasteiger partial charge in [0.15, 0.2) is 0 Å². The second kappa shape index (κ2) is 7.18. The van der Waals surface area contributed by atoms with Gasteiger partial charge in [-0.05, 0) is 0 Å². The zero-order valence-corrected chi connectivity index (χ0v) is 14.9. The van der Waals surface area contributed by atoms with Gasteiger partial charge in [-0.3, -0.25) is 0 Å². The summed E-state index contributed by atoms with van der Waals surface area (Å²) in [6, 6.07) is 0. The van der Waals surface area contributed by atoms with E-state index in [4.69, 9.17) is 2.85 Å². The Bertz CT molecular complexity index is 161. The summed E-state index contributed by atoms with van der Waals surface area (Å²) in [4.78, 5) is 2.46. The summed E-state index contributed by atoms with van der Waals surface area (Å²) in [5.41, 5.74) is 0.268. The fourth-order valence-corrected chi connectivity index (χ4v) is 4.85. The normalized spacial score (nSPS) is 14.4. The minimum atomic E-state index is -1.57. The topological polar surface area (TPSA) is 12.5 Å². The van der Waals surface area contributed by atoms with Crippen molar-refractivity contribution in [1.82, 2.24) is 4.90 Å². The first-order valence-corrected chi connectivity index (χ1v) is 14.1. The van der Waals surface area contributed by atoms with E-state index in [1.165, 1.54) is 0 Å². The van der Waals surface area contributed by atoms with Crippen molar-refractivity contribution in [3.8, 4) is 0 Å². The van der Waals surface area contributed by atoms with E-state index in [1.54, 1.807) is 0 Å². The van der Waals surface area contributed by atoms with Crippen molar-refractivity contribution < 1.29 is 2.85 Å². The van der Waals surface area contributed by atoms with Crippen LogP contribution in [0.4, 0.5) is 0 Å². The van der Waals surface area contributed by atoms with Crippen molar-refractivity contribution >= 4 is 21.9 Å². The van der Waals surface area contributed by atoms with Crippen LogP contribution in [-0.4, -0.2) is 52.5 Å². The summed E-state index contributed by atoms with van der Waals surface area (Å²) < 4.78 is 10.9. The van der Waals surface area contributed by atoms with Crippen LogP contribution in [0.3, 0.4) is 0 Å². The quantitative estimate of drug-likeness (QED) is 0.747. The van der Waals surface area contributed by atoms with E-state index in [0.717, 1.165) is 19.6 Å². The maximum atomic E-state index is 6.22. The van der Waals surface area contributed by atoms with Crippen molar-refractivity contribution in [2.45, 2.75) is 50.1 Å². The molecule has 1 atom stereocenters. The van der Waals surface area contributed by atoms with E-state index < -0.39 is 21.9 Å². The predicted octanol–water partition coefficient (Wildman–Crippen LogP) is 3.01. The first-order chi connectivity index (χ1) is 6.81. The Kier molecular flexibility index (Phi) is 7.56. The summed E-state index contributed by atoms with van der Waals surface area (Å²) in [7, 11) is 0. The molecule has 0 rings (SSSR count). The third-order valence-electron chi connectivity index (χ3n) is 2.72. The number of hydrogen-bond donors (Lipinski definition) is 0. The Balaban J connectivity index is 4.37. The van der Waals surface area contributed by atoms with Crippen LogP contribution in [0, 0.1) is 5.41 Å². The van der Waals surface area contributed by atoms with Gasteiger partial charge in [-0.1, -0.05) is 0 Å². The van der Waals surface area contributed by atoms with Crippen molar-refractivity contribution in [2.24, 2.45) is 5.41 Å². The fraction of sp³-hybridized carbons (Fsp3) is 1.00. The summed E-state index contributed by atoms with van der Waals surface area (Å²) in [6.07, 6.45) is 0.410. The first kappa shape index (κ1) is 15.8. The zero-order chi connectivity index (χ0) is 12.1. The van der Waals surface area contributed by atoms with Crippen LogP contribution < -0.4 is 0 Å². The first-order valence-electron chi connectivity index (χ1n) is 6.19. The van der Waals surface area contributed by atoms with Crippen molar-refractivity contribution in [2.75, 3.05) is 19.6 Å². The molecule has 0 bridgehead atoms. The molecule has 0 heterocycles. The third-order valence-corrected chi connectivity index (χ3v) is 5.21. The average Bonchev–Trinajstić information content (AvgIpc) is 2.09. The SMILES string of the molecule is CCN(CC)CC([O][In]([CH3])[CH3])C(C)(C)C. The van der Waals surface area contributed by atoms with Gasteiger partial charge >= 0.3 is 105 Å². The molecule has 0 spiro atoms. The van der Waals surface area contributed by atoms with Gasteiger partial charge in [0, 0.05) is 0 Å². The molecule has 0 fully saturated rings. The van der Waals surface area contributed by atoms with Crippen LogP contribution in [0.25, 0.3) is 0 Å². The molecule has 0 N–H and O–H groups in total. The summed E-state index contributed by atoms with van der Waals surface area (Å²) in [5.74, 6) is 0. The summed E-state index contributed by atoms with van der Waals surface area (Å²) >= 11 is -1.57. The molecule has 1 unspecified atom stereocenters. The molecule has 0 saturated carbocycles. The standard InChI is InChI=1S/C10H22NO.2CH3.In/c1-6-11(7-2)8-9(12)10(3,4)5;;;/h9H,6-8H2,1-5H3;2*1H3;/q-1;;;+1. The Morgan fingerprint density at radius 1 is 1.13 bits per heavy atom. The van der Waals surface area contributed by atoms with Gasteiger partial charge in [0.05, 0.1) is 0 Å². The zero-order valence-electron chi connectivity index (χ0n) is 11.6. The molecule has 0 aliphatic carbocycles. The molecule has 90 valence electrons. The molecule has 0 aromatic rings. The second-order valence-corrected chi connectivity index (χ2v) is 12.3. The maximum absolute atomic E-state index is 6.22. The molecule has 0 aromatic heterocycles. The monoisotopic (exact) mass is 317 g/mol. The van der Waals surface area contributed by atoms with Gasteiger partial charge < -0.3 is 0 Å². The van der Waals surface area contributed by atoms with Crippen LogP contribution in [0.5, 0.6) is 0 Å². The van der Waals surface area contributed by atoms with Gasteiger partial charge in [-0.2, -0.15) is 0 Å².